The average molecular weight is 258 g/mol. The third kappa shape index (κ3) is 5.65. The number of nitrogens with one attached hydrogen (secondary N) is 1. The van der Waals surface area contributed by atoms with Gasteiger partial charge in [-0.1, -0.05) is 18.2 Å². The van der Waals surface area contributed by atoms with E-state index in [1.54, 1.807) is 12.1 Å². The molecule has 1 N–H and O–H groups in total. The quantitative estimate of drug-likeness (QED) is 0.502. The molecule has 0 aliphatic rings. The molecule has 7 heteroatoms. The summed E-state index contributed by atoms with van der Waals surface area (Å²) in [5.74, 6) is 0. The van der Waals surface area contributed by atoms with E-state index in [2.05, 4.69) is 10.3 Å². The van der Waals surface area contributed by atoms with Crippen LogP contribution in [-0.4, -0.2) is 5.09 Å². The minimum Gasteiger partial charge on any atom is -0.356 e. The molecule has 19 heavy (non-hydrogen) atoms. The molecular formula is C12H10N4O3. The van der Waals surface area contributed by atoms with Gasteiger partial charge in [-0.15, -0.1) is 0 Å². The first-order chi connectivity index (χ1) is 9.11. The van der Waals surface area contributed by atoms with E-state index in [0.717, 1.165) is 11.4 Å². The molecule has 0 atom stereocenters. The number of diazo groups is 1. The van der Waals surface area contributed by atoms with Crippen molar-refractivity contribution in [2.75, 3.05) is 5.32 Å². The van der Waals surface area contributed by atoms with Crippen molar-refractivity contribution in [1.82, 2.24) is 0 Å². The highest BCUT2D eigenvalue weighted by Gasteiger charge is 2.02. The predicted molar refractivity (Wildman–Crippen MR) is 71.3 cm³/mol. The largest absolute Gasteiger partial charge is 0.385 e. The number of hydrogen-bond donors (Lipinski definition) is 1. The van der Waals surface area contributed by atoms with Crippen molar-refractivity contribution in [1.29, 1.82) is 5.39 Å². The minimum absolute atomic E-state index is 0.550. The fraction of sp³-hybridized carbons (Fsp3) is 0. The van der Waals surface area contributed by atoms with E-state index in [9.17, 15) is 0 Å². The summed E-state index contributed by atoms with van der Waals surface area (Å²) in [6, 6.07) is 17.1. The topological polar surface area (TPSA) is 106 Å². The lowest BCUT2D eigenvalue weighted by Crippen LogP contribution is -1.88. The van der Waals surface area contributed by atoms with Crippen LogP contribution in [0.2, 0.25) is 0 Å². The maximum Gasteiger partial charge on any atom is 0.385 e. The Morgan fingerprint density at radius 3 is 1.89 bits per heavy atom. The van der Waals surface area contributed by atoms with E-state index in [0.29, 0.717) is 5.69 Å². The number of para-hydroxylation sites is 1. The molecule has 0 unspecified atom stereocenters. The number of benzene rings is 2. The van der Waals surface area contributed by atoms with Crippen molar-refractivity contribution >= 4 is 17.1 Å². The van der Waals surface area contributed by atoms with Crippen LogP contribution in [0.15, 0.2) is 54.6 Å². The van der Waals surface area contributed by atoms with Gasteiger partial charge in [0.05, 0.1) is 5.09 Å². The van der Waals surface area contributed by atoms with Crippen molar-refractivity contribution < 1.29 is 5.09 Å². The molecule has 2 rings (SSSR count). The maximum absolute atomic E-state index is 8.52. The molecular weight excluding hydrogens is 248 g/mol. The first kappa shape index (κ1) is 13.9. The predicted octanol–water partition coefficient (Wildman–Crippen LogP) is 3.68. The molecule has 0 aromatic heterocycles. The number of anilines is 2. The standard InChI is InChI=1S/C12H10N3.NO3/c13-15-12-8-6-11(7-9-12)14-10-4-2-1-3-5-10;2-1(3)4/h1-9,14H;/q+1;-1. The van der Waals surface area contributed by atoms with Gasteiger partial charge in [0, 0.05) is 23.5 Å². The Bertz CT molecular complexity index is 560. The van der Waals surface area contributed by atoms with Crippen LogP contribution < -0.4 is 5.32 Å². The van der Waals surface area contributed by atoms with Crippen molar-refractivity contribution in [3.63, 3.8) is 0 Å². The van der Waals surface area contributed by atoms with Crippen molar-refractivity contribution in [3.8, 4) is 0 Å². The van der Waals surface area contributed by atoms with Crippen molar-refractivity contribution in [3.05, 3.63) is 74.9 Å². The third-order valence-corrected chi connectivity index (χ3v) is 2.05. The molecule has 7 nitrogen and oxygen atoms in total. The fourth-order valence-electron chi connectivity index (χ4n) is 1.30. The highest BCUT2D eigenvalue weighted by atomic mass is 16.9. The zero-order valence-electron chi connectivity index (χ0n) is 9.76. The lowest BCUT2D eigenvalue weighted by Gasteiger charge is -2.04. The SMILES string of the molecule is N#[N+]c1ccc(Nc2ccccc2)cc1.O=[N+]([O-])[O-]. The van der Waals surface area contributed by atoms with Gasteiger partial charge in [-0.2, -0.15) is 0 Å². The normalized spacial score (nSPS) is 8.58. The molecule has 2 aromatic carbocycles. The molecule has 0 bridgehead atoms. The Kier molecular flexibility index (Phi) is 5.30. The van der Waals surface area contributed by atoms with E-state index in [-0.39, 0.29) is 0 Å². The molecule has 0 saturated heterocycles. The monoisotopic (exact) mass is 258 g/mol. The first-order valence-electron chi connectivity index (χ1n) is 5.20. The van der Waals surface area contributed by atoms with E-state index in [1.807, 2.05) is 42.5 Å². The molecule has 0 spiro atoms. The number of hydrogen-bond acceptors (Lipinski definition) is 5. The Labute approximate surface area is 108 Å². The van der Waals surface area contributed by atoms with Crippen LogP contribution in [0, 0.1) is 20.7 Å². The Morgan fingerprint density at radius 1 is 0.947 bits per heavy atom. The molecule has 0 amide bonds. The number of rotatable bonds is 2. The van der Waals surface area contributed by atoms with Gasteiger partial charge in [0.25, 0.3) is 0 Å². The molecule has 2 aromatic rings. The van der Waals surface area contributed by atoms with E-state index >= 15 is 0 Å². The van der Waals surface area contributed by atoms with Crippen LogP contribution in [-0.2, 0) is 0 Å². The highest BCUT2D eigenvalue weighted by Crippen LogP contribution is 2.19. The molecule has 0 radical (unpaired) electrons. The van der Waals surface area contributed by atoms with Gasteiger partial charge in [-0.25, -0.2) is 0 Å². The molecule has 0 aliphatic heterocycles. The summed E-state index contributed by atoms with van der Waals surface area (Å²) in [6.07, 6.45) is 0. The van der Waals surface area contributed by atoms with Gasteiger partial charge in [0.15, 0.2) is 4.98 Å². The molecule has 0 heterocycles. The van der Waals surface area contributed by atoms with Crippen LogP contribution in [0.3, 0.4) is 0 Å². The lowest BCUT2D eigenvalue weighted by molar-refractivity contribution is -0.402. The molecule has 0 fully saturated rings. The van der Waals surface area contributed by atoms with Gasteiger partial charge in [-0.05, 0) is 24.3 Å². The lowest BCUT2D eigenvalue weighted by atomic mass is 10.2. The summed E-state index contributed by atoms with van der Waals surface area (Å²) in [6.45, 7) is 0. The van der Waals surface area contributed by atoms with Crippen LogP contribution in [0.1, 0.15) is 0 Å². The van der Waals surface area contributed by atoms with Crippen molar-refractivity contribution in [2.24, 2.45) is 0 Å². The second kappa shape index (κ2) is 7.24. The summed E-state index contributed by atoms with van der Waals surface area (Å²) in [5, 5.41) is 26.5. The van der Waals surface area contributed by atoms with E-state index in [1.165, 1.54) is 0 Å². The van der Waals surface area contributed by atoms with Crippen LogP contribution in [0.4, 0.5) is 17.1 Å². The molecule has 96 valence electrons. The van der Waals surface area contributed by atoms with E-state index in [4.69, 9.17) is 20.7 Å². The molecule has 0 saturated carbocycles. The van der Waals surface area contributed by atoms with Gasteiger partial charge in [0.2, 0.25) is 5.39 Å². The highest BCUT2D eigenvalue weighted by molar-refractivity contribution is 5.62. The van der Waals surface area contributed by atoms with Gasteiger partial charge < -0.3 is 20.6 Å². The Morgan fingerprint density at radius 2 is 1.42 bits per heavy atom. The third-order valence-electron chi connectivity index (χ3n) is 2.05. The average Bonchev–Trinajstić information content (AvgIpc) is 2.40. The minimum atomic E-state index is -1.75. The zero-order valence-corrected chi connectivity index (χ0v) is 9.76. The van der Waals surface area contributed by atoms with Crippen LogP contribution >= 0.6 is 0 Å². The maximum atomic E-state index is 8.52. The fourth-order valence-corrected chi connectivity index (χ4v) is 1.30. The van der Waals surface area contributed by atoms with E-state index < -0.39 is 5.09 Å². The summed E-state index contributed by atoms with van der Waals surface area (Å²) in [7, 11) is 0. The summed E-state index contributed by atoms with van der Waals surface area (Å²) < 4.78 is 0. The number of nitrogens with zero attached hydrogens (tertiary/aromatic N) is 3. The van der Waals surface area contributed by atoms with Crippen molar-refractivity contribution in [2.45, 2.75) is 0 Å². The zero-order chi connectivity index (χ0) is 14.1. The summed E-state index contributed by atoms with van der Waals surface area (Å²) >= 11 is 0. The van der Waals surface area contributed by atoms with Gasteiger partial charge in [0.1, 0.15) is 0 Å². The van der Waals surface area contributed by atoms with Gasteiger partial charge in [-0.3, -0.25) is 0 Å². The summed E-state index contributed by atoms with van der Waals surface area (Å²) in [4.78, 5) is 11.3. The molecule has 0 aliphatic carbocycles. The second-order valence-electron chi connectivity index (χ2n) is 3.36. The Hall–Kier alpha value is -3.14. The first-order valence-corrected chi connectivity index (χ1v) is 5.20. The smallest absolute Gasteiger partial charge is 0.356 e. The van der Waals surface area contributed by atoms with Crippen LogP contribution in [0.25, 0.3) is 4.98 Å². The second-order valence-corrected chi connectivity index (χ2v) is 3.36. The van der Waals surface area contributed by atoms with Crippen LogP contribution in [0.5, 0.6) is 0 Å². The summed E-state index contributed by atoms with van der Waals surface area (Å²) in [5.41, 5.74) is 2.55. The van der Waals surface area contributed by atoms with Gasteiger partial charge >= 0.3 is 5.69 Å². The Balaban J connectivity index is 0.000000399.